The van der Waals surface area contributed by atoms with Crippen LogP contribution >= 0.6 is 0 Å². The Kier molecular flexibility index (Phi) is 3.39. The third-order valence-electron chi connectivity index (χ3n) is 3.11. The molecular weight excluding hydrogens is 186 g/mol. The Balaban J connectivity index is 1.74. The van der Waals surface area contributed by atoms with Crippen molar-refractivity contribution in [2.75, 3.05) is 6.54 Å². The SMILES string of the molecule is C[C@H](O)CNC1CC(c2ccccc2)C1. The van der Waals surface area contributed by atoms with E-state index in [1.54, 1.807) is 0 Å². The minimum atomic E-state index is -0.235. The highest BCUT2D eigenvalue weighted by molar-refractivity contribution is 5.22. The molecule has 0 spiro atoms. The number of hydrogen-bond acceptors (Lipinski definition) is 2. The number of aliphatic hydroxyl groups excluding tert-OH is 1. The maximum absolute atomic E-state index is 9.14. The van der Waals surface area contributed by atoms with E-state index in [1.807, 2.05) is 6.92 Å². The second-order valence-electron chi connectivity index (χ2n) is 4.53. The minimum absolute atomic E-state index is 0.235. The first-order chi connectivity index (χ1) is 7.25. The molecule has 1 aromatic carbocycles. The summed E-state index contributed by atoms with van der Waals surface area (Å²) >= 11 is 0. The zero-order chi connectivity index (χ0) is 10.7. The molecule has 0 radical (unpaired) electrons. The molecule has 1 atom stereocenters. The maximum atomic E-state index is 9.14. The predicted molar refractivity (Wildman–Crippen MR) is 61.9 cm³/mol. The summed E-state index contributed by atoms with van der Waals surface area (Å²) < 4.78 is 0. The summed E-state index contributed by atoms with van der Waals surface area (Å²) in [5.74, 6) is 0.720. The van der Waals surface area contributed by atoms with Crippen molar-refractivity contribution in [1.29, 1.82) is 0 Å². The molecule has 1 saturated carbocycles. The Morgan fingerprint density at radius 1 is 1.33 bits per heavy atom. The lowest BCUT2D eigenvalue weighted by atomic mass is 9.76. The summed E-state index contributed by atoms with van der Waals surface area (Å²) in [4.78, 5) is 0. The van der Waals surface area contributed by atoms with Gasteiger partial charge in [0.2, 0.25) is 0 Å². The molecule has 0 unspecified atom stereocenters. The smallest absolute Gasteiger partial charge is 0.0636 e. The van der Waals surface area contributed by atoms with E-state index in [9.17, 15) is 0 Å². The number of hydrogen-bond donors (Lipinski definition) is 2. The van der Waals surface area contributed by atoms with E-state index < -0.39 is 0 Å². The molecule has 0 heterocycles. The normalized spacial score (nSPS) is 27.1. The van der Waals surface area contributed by atoms with Crippen LogP contribution in [0, 0.1) is 0 Å². The summed E-state index contributed by atoms with van der Waals surface area (Å²) in [5, 5.41) is 12.5. The molecule has 2 heteroatoms. The van der Waals surface area contributed by atoms with Gasteiger partial charge in [0, 0.05) is 12.6 Å². The van der Waals surface area contributed by atoms with E-state index in [1.165, 1.54) is 18.4 Å². The molecule has 0 aliphatic heterocycles. The van der Waals surface area contributed by atoms with Crippen LogP contribution in [0.15, 0.2) is 30.3 Å². The van der Waals surface area contributed by atoms with Crippen molar-refractivity contribution in [3.05, 3.63) is 35.9 Å². The molecule has 0 amide bonds. The second kappa shape index (κ2) is 4.77. The predicted octanol–water partition coefficient (Wildman–Crippen LogP) is 1.90. The molecule has 15 heavy (non-hydrogen) atoms. The van der Waals surface area contributed by atoms with Gasteiger partial charge in [0.25, 0.3) is 0 Å². The van der Waals surface area contributed by atoms with Gasteiger partial charge in [0.15, 0.2) is 0 Å². The monoisotopic (exact) mass is 205 g/mol. The minimum Gasteiger partial charge on any atom is -0.392 e. The standard InChI is InChI=1S/C13H19NO/c1-10(15)9-14-13-7-12(8-13)11-5-3-2-4-6-11/h2-6,10,12-15H,7-9H2,1H3/t10-,12?,13?/m0/s1. The van der Waals surface area contributed by atoms with Crippen molar-refractivity contribution in [1.82, 2.24) is 5.32 Å². The van der Waals surface area contributed by atoms with Gasteiger partial charge in [-0.15, -0.1) is 0 Å². The summed E-state index contributed by atoms with van der Waals surface area (Å²) in [5.41, 5.74) is 1.45. The van der Waals surface area contributed by atoms with Crippen molar-refractivity contribution in [3.8, 4) is 0 Å². The van der Waals surface area contributed by atoms with E-state index >= 15 is 0 Å². The fourth-order valence-electron chi connectivity index (χ4n) is 2.12. The highest BCUT2D eigenvalue weighted by Gasteiger charge is 2.29. The molecule has 1 aliphatic carbocycles. The van der Waals surface area contributed by atoms with Gasteiger partial charge in [-0.1, -0.05) is 30.3 Å². The topological polar surface area (TPSA) is 32.3 Å². The Bertz CT molecular complexity index is 291. The molecule has 0 saturated heterocycles. The van der Waals surface area contributed by atoms with E-state index in [2.05, 4.69) is 35.6 Å². The molecule has 0 bridgehead atoms. The van der Waals surface area contributed by atoms with Gasteiger partial charge in [-0.05, 0) is 31.2 Å². The van der Waals surface area contributed by atoms with Crippen LogP contribution in [0.3, 0.4) is 0 Å². The van der Waals surface area contributed by atoms with Crippen molar-refractivity contribution < 1.29 is 5.11 Å². The van der Waals surface area contributed by atoms with Crippen LogP contribution in [-0.4, -0.2) is 23.8 Å². The fraction of sp³-hybridized carbons (Fsp3) is 0.538. The van der Waals surface area contributed by atoms with Gasteiger partial charge >= 0.3 is 0 Å². The molecule has 2 N–H and O–H groups in total. The lowest BCUT2D eigenvalue weighted by Gasteiger charge is -2.36. The van der Waals surface area contributed by atoms with Crippen LogP contribution in [0.25, 0.3) is 0 Å². The third kappa shape index (κ3) is 2.80. The van der Waals surface area contributed by atoms with Gasteiger partial charge in [-0.25, -0.2) is 0 Å². The third-order valence-corrected chi connectivity index (χ3v) is 3.11. The van der Waals surface area contributed by atoms with Gasteiger partial charge < -0.3 is 10.4 Å². The Morgan fingerprint density at radius 2 is 2.00 bits per heavy atom. The van der Waals surface area contributed by atoms with Crippen LogP contribution < -0.4 is 5.32 Å². The number of benzene rings is 1. The van der Waals surface area contributed by atoms with E-state index in [4.69, 9.17) is 5.11 Å². The van der Waals surface area contributed by atoms with Crippen molar-refractivity contribution in [2.24, 2.45) is 0 Å². The average molecular weight is 205 g/mol. The van der Waals surface area contributed by atoms with Crippen molar-refractivity contribution in [2.45, 2.75) is 37.8 Å². The Hall–Kier alpha value is -0.860. The molecule has 2 nitrogen and oxygen atoms in total. The lowest BCUT2D eigenvalue weighted by Crippen LogP contribution is -2.42. The maximum Gasteiger partial charge on any atom is 0.0636 e. The molecule has 0 aromatic heterocycles. The average Bonchev–Trinajstić information content (AvgIpc) is 2.16. The van der Waals surface area contributed by atoms with Crippen LogP contribution in [-0.2, 0) is 0 Å². The quantitative estimate of drug-likeness (QED) is 0.787. The summed E-state index contributed by atoms with van der Waals surface area (Å²) in [6.07, 6.45) is 2.17. The van der Waals surface area contributed by atoms with Crippen LogP contribution in [0.2, 0.25) is 0 Å². The van der Waals surface area contributed by atoms with Crippen LogP contribution in [0.1, 0.15) is 31.2 Å². The summed E-state index contributed by atoms with van der Waals surface area (Å²) in [6, 6.07) is 11.3. The second-order valence-corrected chi connectivity index (χ2v) is 4.53. The largest absolute Gasteiger partial charge is 0.392 e. The first-order valence-corrected chi connectivity index (χ1v) is 5.72. The summed E-state index contributed by atoms with van der Waals surface area (Å²) in [7, 11) is 0. The first-order valence-electron chi connectivity index (χ1n) is 5.72. The first kappa shape index (κ1) is 10.7. The van der Waals surface area contributed by atoms with Crippen LogP contribution in [0.5, 0.6) is 0 Å². The lowest BCUT2D eigenvalue weighted by molar-refractivity contribution is 0.171. The number of nitrogens with one attached hydrogen (secondary N) is 1. The van der Waals surface area contributed by atoms with E-state index in [0.29, 0.717) is 12.6 Å². The molecule has 1 fully saturated rings. The molecular formula is C13H19NO. The molecule has 1 aliphatic rings. The highest BCUT2D eigenvalue weighted by Crippen LogP contribution is 2.36. The fourth-order valence-corrected chi connectivity index (χ4v) is 2.12. The van der Waals surface area contributed by atoms with Crippen molar-refractivity contribution in [3.63, 3.8) is 0 Å². The Morgan fingerprint density at radius 3 is 2.60 bits per heavy atom. The Labute approximate surface area is 91.3 Å². The number of rotatable bonds is 4. The van der Waals surface area contributed by atoms with E-state index in [-0.39, 0.29) is 6.10 Å². The molecule has 82 valence electrons. The van der Waals surface area contributed by atoms with Crippen LogP contribution in [0.4, 0.5) is 0 Å². The zero-order valence-electron chi connectivity index (χ0n) is 9.19. The molecule has 1 aromatic rings. The summed E-state index contributed by atoms with van der Waals surface area (Å²) in [6.45, 7) is 2.53. The van der Waals surface area contributed by atoms with E-state index in [0.717, 1.165) is 5.92 Å². The van der Waals surface area contributed by atoms with Crippen molar-refractivity contribution >= 4 is 0 Å². The highest BCUT2D eigenvalue weighted by atomic mass is 16.3. The van der Waals surface area contributed by atoms with Gasteiger partial charge in [-0.3, -0.25) is 0 Å². The zero-order valence-corrected chi connectivity index (χ0v) is 9.19. The van der Waals surface area contributed by atoms with Gasteiger partial charge in [0.1, 0.15) is 0 Å². The number of aliphatic hydroxyl groups is 1. The molecule has 2 rings (SSSR count). The van der Waals surface area contributed by atoms with Gasteiger partial charge in [0.05, 0.1) is 6.10 Å². The van der Waals surface area contributed by atoms with Gasteiger partial charge in [-0.2, -0.15) is 0 Å².